The van der Waals surface area contributed by atoms with Gasteiger partial charge in [-0.25, -0.2) is 0 Å². The molecule has 0 aliphatic rings. The van der Waals surface area contributed by atoms with E-state index in [2.05, 4.69) is 10.6 Å². The molecule has 104 valence electrons. The van der Waals surface area contributed by atoms with E-state index in [0.29, 0.717) is 5.02 Å². The zero-order valence-electron chi connectivity index (χ0n) is 11.5. The van der Waals surface area contributed by atoms with Gasteiger partial charge in [-0.2, -0.15) is 0 Å². The van der Waals surface area contributed by atoms with E-state index in [4.69, 9.17) is 11.6 Å². The van der Waals surface area contributed by atoms with Crippen LogP contribution in [0.5, 0.6) is 0 Å². The van der Waals surface area contributed by atoms with Crippen molar-refractivity contribution < 1.29 is 4.79 Å². The molecule has 3 nitrogen and oxygen atoms in total. The van der Waals surface area contributed by atoms with Gasteiger partial charge in [0.25, 0.3) is 0 Å². The number of amides is 1. The molecule has 2 N–H and O–H groups in total. The highest BCUT2D eigenvalue weighted by molar-refractivity contribution is 6.30. The third-order valence-electron chi connectivity index (χ3n) is 2.94. The maximum absolute atomic E-state index is 12.1. The quantitative estimate of drug-likeness (QED) is 0.890. The monoisotopic (exact) mass is 288 g/mol. The number of carbonyl (C=O) groups excluding carboxylic acids is 1. The SMILES string of the molecule is Cc1ccc(N[C@@H](C)C(=O)Nc2ccc(Cl)cc2)cc1. The molecule has 0 heterocycles. The highest BCUT2D eigenvalue weighted by Gasteiger charge is 2.12. The average Bonchev–Trinajstić information content (AvgIpc) is 2.44. The molecule has 0 aromatic heterocycles. The fourth-order valence-electron chi connectivity index (χ4n) is 1.75. The van der Waals surface area contributed by atoms with E-state index in [9.17, 15) is 4.79 Å². The van der Waals surface area contributed by atoms with Crippen LogP contribution in [-0.2, 0) is 4.79 Å². The van der Waals surface area contributed by atoms with Crippen LogP contribution in [0.3, 0.4) is 0 Å². The molecule has 0 unspecified atom stereocenters. The third-order valence-corrected chi connectivity index (χ3v) is 3.19. The maximum atomic E-state index is 12.1. The first-order valence-corrected chi connectivity index (χ1v) is 6.82. The lowest BCUT2D eigenvalue weighted by Gasteiger charge is -2.15. The van der Waals surface area contributed by atoms with Crippen molar-refractivity contribution in [2.75, 3.05) is 10.6 Å². The van der Waals surface area contributed by atoms with Crippen molar-refractivity contribution in [3.63, 3.8) is 0 Å². The maximum Gasteiger partial charge on any atom is 0.246 e. The van der Waals surface area contributed by atoms with Crippen LogP contribution in [0.1, 0.15) is 12.5 Å². The Hall–Kier alpha value is -2.00. The molecule has 20 heavy (non-hydrogen) atoms. The largest absolute Gasteiger partial charge is 0.374 e. The minimum atomic E-state index is -0.326. The second-order valence-corrected chi connectivity index (χ2v) is 5.16. The summed E-state index contributed by atoms with van der Waals surface area (Å²) in [6.07, 6.45) is 0. The van der Waals surface area contributed by atoms with Gasteiger partial charge in [-0.1, -0.05) is 29.3 Å². The molecular formula is C16H17ClN2O. The third kappa shape index (κ3) is 4.00. The Bertz CT molecular complexity index is 578. The van der Waals surface area contributed by atoms with Crippen LogP contribution in [0, 0.1) is 6.92 Å². The summed E-state index contributed by atoms with van der Waals surface area (Å²) in [5.41, 5.74) is 2.85. The molecule has 0 bridgehead atoms. The fourth-order valence-corrected chi connectivity index (χ4v) is 1.88. The van der Waals surface area contributed by atoms with Gasteiger partial charge in [0.1, 0.15) is 6.04 Å². The summed E-state index contributed by atoms with van der Waals surface area (Å²) in [7, 11) is 0. The van der Waals surface area contributed by atoms with Gasteiger partial charge in [0.15, 0.2) is 0 Å². The number of hydrogen-bond acceptors (Lipinski definition) is 2. The van der Waals surface area contributed by atoms with Crippen LogP contribution in [0.15, 0.2) is 48.5 Å². The summed E-state index contributed by atoms with van der Waals surface area (Å²) >= 11 is 5.81. The van der Waals surface area contributed by atoms with Gasteiger partial charge in [-0.15, -0.1) is 0 Å². The molecule has 0 fully saturated rings. The van der Waals surface area contributed by atoms with Crippen LogP contribution in [0.25, 0.3) is 0 Å². The molecule has 2 rings (SSSR count). The number of rotatable bonds is 4. The lowest BCUT2D eigenvalue weighted by molar-refractivity contribution is -0.116. The van der Waals surface area contributed by atoms with Crippen molar-refractivity contribution in [2.24, 2.45) is 0 Å². The van der Waals surface area contributed by atoms with E-state index in [0.717, 1.165) is 11.4 Å². The van der Waals surface area contributed by atoms with Gasteiger partial charge in [0.05, 0.1) is 0 Å². The second kappa shape index (κ2) is 6.44. The van der Waals surface area contributed by atoms with Gasteiger partial charge in [-0.05, 0) is 50.2 Å². The second-order valence-electron chi connectivity index (χ2n) is 4.73. The molecule has 0 aliphatic heterocycles. The summed E-state index contributed by atoms with van der Waals surface area (Å²) in [5, 5.41) is 6.65. The van der Waals surface area contributed by atoms with Crippen LogP contribution >= 0.6 is 11.6 Å². The average molecular weight is 289 g/mol. The molecular weight excluding hydrogens is 272 g/mol. The Labute approximate surface area is 124 Å². The fraction of sp³-hybridized carbons (Fsp3) is 0.188. The molecule has 0 saturated carbocycles. The highest BCUT2D eigenvalue weighted by Crippen LogP contribution is 2.14. The lowest BCUT2D eigenvalue weighted by atomic mass is 10.2. The van der Waals surface area contributed by atoms with Gasteiger partial charge in [-0.3, -0.25) is 4.79 Å². The minimum Gasteiger partial charge on any atom is -0.374 e. The minimum absolute atomic E-state index is 0.0899. The van der Waals surface area contributed by atoms with Gasteiger partial charge >= 0.3 is 0 Å². The smallest absolute Gasteiger partial charge is 0.246 e. The van der Waals surface area contributed by atoms with E-state index in [-0.39, 0.29) is 11.9 Å². The summed E-state index contributed by atoms with van der Waals surface area (Å²) < 4.78 is 0. The predicted molar refractivity (Wildman–Crippen MR) is 84.3 cm³/mol. The molecule has 0 saturated heterocycles. The Morgan fingerprint density at radius 3 is 2.15 bits per heavy atom. The number of benzene rings is 2. The Morgan fingerprint density at radius 2 is 1.55 bits per heavy atom. The zero-order chi connectivity index (χ0) is 14.5. The van der Waals surface area contributed by atoms with E-state index >= 15 is 0 Å². The molecule has 1 amide bonds. The molecule has 4 heteroatoms. The number of halogens is 1. The van der Waals surface area contributed by atoms with Crippen molar-refractivity contribution in [1.82, 2.24) is 0 Å². The predicted octanol–water partition coefficient (Wildman–Crippen LogP) is 4.09. The first-order valence-electron chi connectivity index (χ1n) is 6.44. The molecule has 0 radical (unpaired) electrons. The highest BCUT2D eigenvalue weighted by atomic mass is 35.5. The van der Waals surface area contributed by atoms with E-state index in [1.807, 2.05) is 38.1 Å². The first kappa shape index (κ1) is 14.4. The van der Waals surface area contributed by atoms with Gasteiger partial charge in [0.2, 0.25) is 5.91 Å². The Morgan fingerprint density at radius 1 is 1.00 bits per heavy atom. The van der Waals surface area contributed by atoms with Crippen molar-refractivity contribution in [3.8, 4) is 0 Å². The lowest BCUT2D eigenvalue weighted by Crippen LogP contribution is -2.31. The molecule has 2 aromatic rings. The summed E-state index contributed by atoms with van der Waals surface area (Å²) in [6.45, 7) is 3.85. The van der Waals surface area contributed by atoms with Crippen molar-refractivity contribution in [1.29, 1.82) is 0 Å². The van der Waals surface area contributed by atoms with Crippen LogP contribution in [0.2, 0.25) is 5.02 Å². The number of anilines is 2. The van der Waals surface area contributed by atoms with E-state index in [1.165, 1.54) is 5.56 Å². The van der Waals surface area contributed by atoms with Crippen molar-refractivity contribution in [3.05, 3.63) is 59.1 Å². The normalized spacial score (nSPS) is 11.8. The van der Waals surface area contributed by atoms with E-state index in [1.54, 1.807) is 24.3 Å². The van der Waals surface area contributed by atoms with Gasteiger partial charge < -0.3 is 10.6 Å². The number of hydrogen-bond donors (Lipinski definition) is 2. The van der Waals surface area contributed by atoms with E-state index < -0.39 is 0 Å². The van der Waals surface area contributed by atoms with Crippen molar-refractivity contribution in [2.45, 2.75) is 19.9 Å². The van der Waals surface area contributed by atoms with Crippen LogP contribution < -0.4 is 10.6 Å². The summed E-state index contributed by atoms with van der Waals surface area (Å²) in [6, 6.07) is 14.6. The van der Waals surface area contributed by atoms with Gasteiger partial charge in [0, 0.05) is 16.4 Å². The molecule has 0 aliphatic carbocycles. The summed E-state index contributed by atoms with van der Waals surface area (Å²) in [5.74, 6) is -0.0899. The number of carbonyl (C=O) groups is 1. The Balaban J connectivity index is 1.94. The van der Waals surface area contributed by atoms with Crippen molar-refractivity contribution >= 4 is 28.9 Å². The Kier molecular flexibility index (Phi) is 4.64. The zero-order valence-corrected chi connectivity index (χ0v) is 12.2. The molecule has 1 atom stereocenters. The number of nitrogens with one attached hydrogen (secondary N) is 2. The standard InChI is InChI=1S/C16H17ClN2O/c1-11-3-7-14(8-4-11)18-12(2)16(20)19-15-9-5-13(17)6-10-15/h3-10,12,18H,1-2H3,(H,19,20)/t12-/m0/s1. The topological polar surface area (TPSA) is 41.1 Å². The molecule has 0 spiro atoms. The first-order chi connectivity index (χ1) is 9.54. The number of aryl methyl sites for hydroxylation is 1. The summed E-state index contributed by atoms with van der Waals surface area (Å²) in [4.78, 5) is 12.1. The van der Waals surface area contributed by atoms with Crippen LogP contribution in [0.4, 0.5) is 11.4 Å². The molecule has 2 aromatic carbocycles. The van der Waals surface area contributed by atoms with Crippen LogP contribution in [-0.4, -0.2) is 11.9 Å².